The van der Waals surface area contributed by atoms with E-state index in [0.717, 1.165) is 30.2 Å². The van der Waals surface area contributed by atoms with Crippen LogP contribution in [-0.4, -0.2) is 23.6 Å². The van der Waals surface area contributed by atoms with Crippen LogP contribution in [0.1, 0.15) is 44.4 Å². The Balaban J connectivity index is 3.06. The van der Waals surface area contributed by atoms with Crippen molar-refractivity contribution in [3.05, 3.63) is 24.0 Å². The molecule has 0 spiro atoms. The summed E-state index contributed by atoms with van der Waals surface area (Å²) in [7, 11) is 2.02. The third-order valence-corrected chi connectivity index (χ3v) is 2.50. The molecule has 0 aliphatic carbocycles. The van der Waals surface area contributed by atoms with Crippen LogP contribution in [0.4, 0.5) is 5.95 Å². The van der Waals surface area contributed by atoms with Crippen LogP contribution in [0.25, 0.3) is 6.08 Å². The van der Waals surface area contributed by atoms with Crippen LogP contribution in [0.2, 0.25) is 0 Å². The molecule has 0 unspecified atom stereocenters. The first kappa shape index (κ1) is 12.7. The van der Waals surface area contributed by atoms with Crippen LogP contribution < -0.4 is 4.90 Å². The van der Waals surface area contributed by atoms with E-state index >= 15 is 0 Å². The summed E-state index contributed by atoms with van der Waals surface area (Å²) in [6, 6.07) is 0. The van der Waals surface area contributed by atoms with Crippen molar-refractivity contribution in [2.24, 2.45) is 0 Å². The van der Waals surface area contributed by atoms with Gasteiger partial charge in [0.1, 0.15) is 0 Å². The summed E-state index contributed by atoms with van der Waals surface area (Å²) in [5.74, 6) is 1.20. The van der Waals surface area contributed by atoms with Gasteiger partial charge in [0.05, 0.1) is 5.69 Å². The molecule has 0 N–H and O–H groups in total. The fourth-order valence-corrected chi connectivity index (χ4v) is 1.63. The first-order chi connectivity index (χ1) is 7.60. The monoisotopic (exact) mass is 219 g/mol. The largest absolute Gasteiger partial charge is 0.344 e. The molecule has 0 atom stereocenters. The van der Waals surface area contributed by atoms with Crippen molar-refractivity contribution in [1.29, 1.82) is 0 Å². The van der Waals surface area contributed by atoms with Gasteiger partial charge in [-0.1, -0.05) is 33.4 Å². The molecule has 1 aromatic rings. The fourth-order valence-electron chi connectivity index (χ4n) is 1.63. The minimum Gasteiger partial charge on any atom is -0.344 e. The molecule has 16 heavy (non-hydrogen) atoms. The maximum absolute atomic E-state index is 4.61. The highest BCUT2D eigenvalue weighted by Crippen LogP contribution is 2.19. The van der Waals surface area contributed by atoms with E-state index in [-0.39, 0.29) is 0 Å². The molecule has 0 saturated heterocycles. The van der Waals surface area contributed by atoms with E-state index in [1.54, 1.807) is 0 Å². The molecule has 0 amide bonds. The van der Waals surface area contributed by atoms with E-state index in [1.807, 2.05) is 19.3 Å². The third-order valence-electron chi connectivity index (χ3n) is 2.50. The van der Waals surface area contributed by atoms with E-state index in [9.17, 15) is 0 Å². The van der Waals surface area contributed by atoms with Crippen LogP contribution in [0.5, 0.6) is 0 Å². The van der Waals surface area contributed by atoms with Crippen molar-refractivity contribution < 1.29 is 0 Å². The van der Waals surface area contributed by atoms with Crippen molar-refractivity contribution in [1.82, 2.24) is 9.97 Å². The molecule has 1 rings (SSSR count). The maximum Gasteiger partial charge on any atom is 0.225 e. The normalized spacial score (nSPS) is 10.6. The lowest BCUT2D eigenvalue weighted by molar-refractivity contribution is 0.774. The summed E-state index contributed by atoms with van der Waals surface area (Å²) < 4.78 is 0. The average molecular weight is 219 g/mol. The van der Waals surface area contributed by atoms with Crippen LogP contribution in [-0.2, 0) is 0 Å². The number of nitrogens with zero attached hydrogens (tertiary/aromatic N) is 3. The van der Waals surface area contributed by atoms with Crippen molar-refractivity contribution in [3.63, 3.8) is 0 Å². The number of hydrogen-bond donors (Lipinski definition) is 0. The van der Waals surface area contributed by atoms with E-state index in [1.165, 1.54) is 0 Å². The molecule has 3 nitrogen and oxygen atoms in total. The van der Waals surface area contributed by atoms with Gasteiger partial charge in [-0.2, -0.15) is 0 Å². The van der Waals surface area contributed by atoms with Gasteiger partial charge in [0, 0.05) is 25.4 Å². The van der Waals surface area contributed by atoms with Crippen LogP contribution >= 0.6 is 0 Å². The summed E-state index contributed by atoms with van der Waals surface area (Å²) in [4.78, 5) is 11.0. The molecule has 1 heterocycles. The Morgan fingerprint density at radius 1 is 1.50 bits per heavy atom. The fraction of sp³-hybridized carbons (Fsp3) is 0.538. The molecule has 0 aliphatic heterocycles. The Morgan fingerprint density at radius 3 is 2.69 bits per heavy atom. The van der Waals surface area contributed by atoms with E-state index < -0.39 is 0 Å². The molecule has 0 radical (unpaired) electrons. The van der Waals surface area contributed by atoms with E-state index in [2.05, 4.69) is 42.2 Å². The molecule has 0 bridgehead atoms. The predicted octanol–water partition coefficient (Wildman–Crippen LogP) is 3.09. The lowest BCUT2D eigenvalue weighted by Gasteiger charge is -2.18. The highest BCUT2D eigenvalue weighted by molar-refractivity contribution is 5.51. The van der Waals surface area contributed by atoms with Gasteiger partial charge in [-0.05, 0) is 12.3 Å². The summed E-state index contributed by atoms with van der Waals surface area (Å²) in [5, 5.41) is 0. The Labute approximate surface area is 98.2 Å². The van der Waals surface area contributed by atoms with Gasteiger partial charge < -0.3 is 4.90 Å². The van der Waals surface area contributed by atoms with Crippen molar-refractivity contribution in [2.75, 3.05) is 18.5 Å². The van der Waals surface area contributed by atoms with Crippen molar-refractivity contribution in [3.8, 4) is 0 Å². The zero-order chi connectivity index (χ0) is 12.1. The van der Waals surface area contributed by atoms with Gasteiger partial charge in [-0.15, -0.1) is 0 Å². The second-order valence-electron chi connectivity index (χ2n) is 4.29. The SMILES string of the molecule is C=Cc1cnc(N(C)CCC)nc1C(C)C. The molecule has 1 aromatic heterocycles. The smallest absolute Gasteiger partial charge is 0.225 e. The van der Waals surface area contributed by atoms with Crippen molar-refractivity contribution in [2.45, 2.75) is 33.1 Å². The van der Waals surface area contributed by atoms with Crippen LogP contribution in [0.3, 0.4) is 0 Å². The predicted molar refractivity (Wildman–Crippen MR) is 69.8 cm³/mol. The minimum atomic E-state index is 0.393. The summed E-state index contributed by atoms with van der Waals surface area (Å²) >= 11 is 0. The average Bonchev–Trinajstić information content (AvgIpc) is 2.28. The van der Waals surface area contributed by atoms with E-state index in [4.69, 9.17) is 0 Å². The zero-order valence-electron chi connectivity index (χ0n) is 10.7. The lowest BCUT2D eigenvalue weighted by Crippen LogP contribution is -2.21. The van der Waals surface area contributed by atoms with Crippen LogP contribution in [0.15, 0.2) is 12.8 Å². The Kier molecular flexibility index (Phi) is 4.47. The van der Waals surface area contributed by atoms with Gasteiger partial charge in [0.2, 0.25) is 5.95 Å². The molecular weight excluding hydrogens is 198 g/mol. The first-order valence-corrected chi connectivity index (χ1v) is 5.80. The topological polar surface area (TPSA) is 29.0 Å². The van der Waals surface area contributed by atoms with Crippen LogP contribution in [0, 0.1) is 0 Å². The quantitative estimate of drug-likeness (QED) is 0.762. The van der Waals surface area contributed by atoms with Gasteiger partial charge in [-0.3, -0.25) is 0 Å². The van der Waals surface area contributed by atoms with Gasteiger partial charge in [0.15, 0.2) is 0 Å². The Bertz CT molecular complexity index is 358. The maximum atomic E-state index is 4.61. The Hall–Kier alpha value is -1.38. The molecule has 3 heteroatoms. The van der Waals surface area contributed by atoms with Gasteiger partial charge in [-0.25, -0.2) is 9.97 Å². The van der Waals surface area contributed by atoms with Gasteiger partial charge >= 0.3 is 0 Å². The first-order valence-electron chi connectivity index (χ1n) is 5.80. The number of rotatable bonds is 5. The summed E-state index contributed by atoms with van der Waals surface area (Å²) in [6.07, 6.45) is 4.77. The van der Waals surface area contributed by atoms with Crippen molar-refractivity contribution >= 4 is 12.0 Å². The minimum absolute atomic E-state index is 0.393. The molecule has 0 saturated carbocycles. The second kappa shape index (κ2) is 5.64. The lowest BCUT2D eigenvalue weighted by atomic mass is 10.1. The summed E-state index contributed by atoms with van der Waals surface area (Å²) in [5.41, 5.74) is 2.10. The molecule has 0 aromatic carbocycles. The number of aromatic nitrogens is 2. The highest BCUT2D eigenvalue weighted by Gasteiger charge is 2.10. The number of anilines is 1. The third kappa shape index (κ3) is 2.81. The molecule has 0 fully saturated rings. The van der Waals surface area contributed by atoms with E-state index in [0.29, 0.717) is 5.92 Å². The zero-order valence-corrected chi connectivity index (χ0v) is 10.7. The Morgan fingerprint density at radius 2 is 2.19 bits per heavy atom. The highest BCUT2D eigenvalue weighted by atomic mass is 15.2. The number of hydrogen-bond acceptors (Lipinski definition) is 3. The molecule has 88 valence electrons. The molecule has 0 aliphatic rings. The summed E-state index contributed by atoms with van der Waals surface area (Å²) in [6.45, 7) is 11.2. The van der Waals surface area contributed by atoms with Gasteiger partial charge in [0.25, 0.3) is 0 Å². The second-order valence-corrected chi connectivity index (χ2v) is 4.29. The molecular formula is C13H21N3. The standard InChI is InChI=1S/C13H21N3/c1-6-8-16(5)13-14-9-11(7-2)12(15-13)10(3)4/h7,9-10H,2,6,8H2,1,3-5H3.